The fraction of sp³-hybridized carbons (Fsp3) is 0. The second-order valence-electron chi connectivity index (χ2n) is 0.257. The third kappa shape index (κ3) is 50.9. The molecule has 4 radical (unpaired) electrons. The average molecular weight is 98.0 g/mol. The molecule has 0 aliphatic heterocycles. The maximum absolute atomic E-state index is 8.70. The molecule has 5 heavy (non-hydrogen) atoms. The Morgan fingerprint density at radius 1 is 1.40 bits per heavy atom. The first-order chi connectivity index (χ1) is 1.73. The molecule has 0 aromatic rings. The molecule has 0 bridgehead atoms. The maximum atomic E-state index is 8.70. The van der Waals surface area contributed by atoms with Crippen molar-refractivity contribution in [1.82, 2.24) is 0 Å². The zero-order valence-electron chi connectivity index (χ0n) is 2.76. The van der Waals surface area contributed by atoms with E-state index in [1.807, 2.05) is 0 Å². The topological polar surface area (TPSA) is 34.1 Å². The van der Waals surface area contributed by atoms with Crippen molar-refractivity contribution in [2.45, 2.75) is 0 Å². The van der Waals surface area contributed by atoms with E-state index in [0.29, 0.717) is 0 Å². The summed E-state index contributed by atoms with van der Waals surface area (Å²) >= 11 is 0. The largest absolute Gasteiger partial charge is 0.326 e. The van der Waals surface area contributed by atoms with Gasteiger partial charge in [-0.25, -0.2) is 9.13 Å². The van der Waals surface area contributed by atoms with Gasteiger partial charge in [-0.05, 0) is 0 Å². The molecule has 0 saturated carbocycles. The minimum Gasteiger partial charge on any atom is -0.237 e. The smallest absolute Gasteiger partial charge is 0.237 e. The molecule has 0 unspecified atom stereocenters. The summed E-state index contributed by atoms with van der Waals surface area (Å²) in [4.78, 5) is 0. The van der Waals surface area contributed by atoms with E-state index in [-0.39, 0.29) is 29.6 Å². The Labute approximate surface area is 53.1 Å². The Morgan fingerprint density at radius 2 is 1.40 bits per heavy atom. The minimum absolute atomic E-state index is 0. The van der Waals surface area contributed by atoms with Gasteiger partial charge in [-0.15, -0.1) is 0 Å². The molecule has 0 saturated heterocycles. The van der Waals surface area contributed by atoms with Crippen LogP contribution in [0.1, 0.15) is 0 Å². The molecule has 0 aliphatic rings. The van der Waals surface area contributed by atoms with Crippen molar-refractivity contribution in [3.8, 4) is 0 Å². The standard InChI is InChI=1S/CO2P.Na/c1-4(2)3;. The van der Waals surface area contributed by atoms with Gasteiger partial charge in [0.25, 0.3) is 0 Å². The summed E-state index contributed by atoms with van der Waals surface area (Å²) in [5.74, 6) is 0. The van der Waals surface area contributed by atoms with Gasteiger partial charge in [0.2, 0.25) is 0 Å². The second-order valence-corrected chi connectivity index (χ2v) is 0.771. The van der Waals surface area contributed by atoms with Crippen LogP contribution in [-0.4, -0.2) is 29.6 Å². The molecular formula is CNaO2P. The molecular weight excluding hydrogens is 98.0 g/mol. The molecule has 0 amide bonds. The second kappa shape index (κ2) is 4.90. The number of rotatable bonds is 0. The van der Waals surface area contributed by atoms with Crippen LogP contribution in [0.15, 0.2) is 0 Å². The molecule has 0 N–H and O–H groups in total. The van der Waals surface area contributed by atoms with Crippen LogP contribution in [-0.2, 0) is 9.13 Å². The molecule has 0 aromatic heterocycles. The van der Waals surface area contributed by atoms with Gasteiger partial charge in [-0.2, -0.15) is 0 Å². The molecule has 2 nitrogen and oxygen atoms in total. The van der Waals surface area contributed by atoms with Gasteiger partial charge in [0.05, 0.1) is 0 Å². The zero-order chi connectivity index (χ0) is 3.58. The minimum atomic E-state index is -2.87. The van der Waals surface area contributed by atoms with Crippen molar-refractivity contribution < 1.29 is 9.13 Å². The number of hydrogen-bond acceptors (Lipinski definition) is 2. The van der Waals surface area contributed by atoms with Crippen molar-refractivity contribution >= 4 is 37.2 Å². The molecule has 0 aliphatic carbocycles. The van der Waals surface area contributed by atoms with Crippen molar-refractivity contribution in [2.75, 3.05) is 0 Å². The van der Waals surface area contributed by atoms with Crippen LogP contribution in [0.4, 0.5) is 0 Å². The summed E-state index contributed by atoms with van der Waals surface area (Å²) in [5.41, 5.74) is 0. The first-order valence-electron chi connectivity index (χ1n) is 0.589. The van der Waals surface area contributed by atoms with Crippen molar-refractivity contribution in [2.24, 2.45) is 0 Å². The van der Waals surface area contributed by atoms with Crippen LogP contribution in [0, 0.1) is 6.66 Å². The fourth-order valence-electron chi connectivity index (χ4n) is 0. The fourth-order valence-corrected chi connectivity index (χ4v) is 0. The van der Waals surface area contributed by atoms with Gasteiger partial charge in [0.1, 0.15) is 6.66 Å². The predicted molar refractivity (Wildman–Crippen MR) is 17.3 cm³/mol. The Hall–Kier alpha value is 0.900. The Kier molecular flexibility index (Phi) is 9.13. The number of hydrogen-bond donors (Lipinski definition) is 0. The van der Waals surface area contributed by atoms with Gasteiger partial charge < -0.3 is 0 Å². The van der Waals surface area contributed by atoms with Gasteiger partial charge in [-0.1, -0.05) is 0 Å². The monoisotopic (exact) mass is 98.0 g/mol. The van der Waals surface area contributed by atoms with E-state index in [1.54, 1.807) is 0 Å². The zero-order valence-corrected chi connectivity index (χ0v) is 5.66. The Morgan fingerprint density at radius 3 is 1.40 bits per heavy atom. The molecule has 22 valence electrons. The third-order valence-corrected chi connectivity index (χ3v) is 0. The molecule has 4 heteroatoms. The first kappa shape index (κ1) is 9.31. The third-order valence-electron chi connectivity index (χ3n) is 0. The van der Waals surface area contributed by atoms with Crippen LogP contribution in [0.25, 0.3) is 0 Å². The predicted octanol–water partition coefficient (Wildman–Crippen LogP) is 0.324. The van der Waals surface area contributed by atoms with E-state index < -0.39 is 7.68 Å². The quantitative estimate of drug-likeness (QED) is 0.323. The SMILES string of the molecule is [C]P(=O)=O.[Na]. The normalized spacial score (nSPS) is 5.00. The van der Waals surface area contributed by atoms with Crippen LogP contribution < -0.4 is 0 Å². The summed E-state index contributed by atoms with van der Waals surface area (Å²) in [7, 11) is -2.87. The maximum Gasteiger partial charge on any atom is 0.326 e. The molecule has 0 heterocycles. The first-order valence-corrected chi connectivity index (χ1v) is 1.77. The van der Waals surface area contributed by atoms with E-state index in [1.165, 1.54) is 0 Å². The van der Waals surface area contributed by atoms with Crippen molar-refractivity contribution in [1.29, 1.82) is 0 Å². The summed E-state index contributed by atoms with van der Waals surface area (Å²) in [6.45, 7) is 5.54. The van der Waals surface area contributed by atoms with E-state index in [0.717, 1.165) is 0 Å². The molecule has 0 aromatic carbocycles. The van der Waals surface area contributed by atoms with Gasteiger partial charge in [0, 0.05) is 29.6 Å². The van der Waals surface area contributed by atoms with E-state index in [2.05, 4.69) is 0 Å². The van der Waals surface area contributed by atoms with Crippen LogP contribution >= 0.6 is 7.68 Å². The van der Waals surface area contributed by atoms with Gasteiger partial charge in [0.15, 0.2) is 0 Å². The average Bonchev–Trinajstić information content (AvgIpc) is 0.811. The summed E-state index contributed by atoms with van der Waals surface area (Å²) < 4.78 is 17.4. The van der Waals surface area contributed by atoms with E-state index in [4.69, 9.17) is 15.8 Å². The van der Waals surface area contributed by atoms with Crippen LogP contribution in [0.5, 0.6) is 0 Å². The van der Waals surface area contributed by atoms with E-state index >= 15 is 0 Å². The van der Waals surface area contributed by atoms with Crippen molar-refractivity contribution in [3.63, 3.8) is 0 Å². The van der Waals surface area contributed by atoms with Crippen LogP contribution in [0.3, 0.4) is 0 Å². The molecule has 0 fully saturated rings. The van der Waals surface area contributed by atoms with Crippen LogP contribution in [0.2, 0.25) is 0 Å². The molecule has 0 rings (SSSR count). The van der Waals surface area contributed by atoms with Gasteiger partial charge >= 0.3 is 7.68 Å². The molecule has 0 atom stereocenters. The summed E-state index contributed by atoms with van der Waals surface area (Å²) in [5, 5.41) is 0. The van der Waals surface area contributed by atoms with E-state index in [9.17, 15) is 0 Å². The van der Waals surface area contributed by atoms with Crippen molar-refractivity contribution in [3.05, 3.63) is 6.66 Å². The molecule has 0 spiro atoms. The summed E-state index contributed by atoms with van der Waals surface area (Å²) in [6, 6.07) is 0. The van der Waals surface area contributed by atoms with Gasteiger partial charge in [-0.3, -0.25) is 0 Å². The Balaban J connectivity index is 0. The Bertz CT molecular complexity index is 58.0. The summed E-state index contributed by atoms with van der Waals surface area (Å²) in [6.07, 6.45) is 0.